The van der Waals surface area contributed by atoms with Crippen molar-refractivity contribution in [2.45, 2.75) is 0 Å². The number of para-hydroxylation sites is 1. The van der Waals surface area contributed by atoms with Crippen LogP contribution in [0, 0.1) is 0 Å². The molecule has 3 heteroatoms. The summed E-state index contributed by atoms with van der Waals surface area (Å²) in [5.41, 5.74) is 4.88. The van der Waals surface area contributed by atoms with Gasteiger partial charge in [-0.25, -0.2) is 0 Å². The van der Waals surface area contributed by atoms with Crippen LogP contribution >= 0.6 is 11.6 Å². The lowest BCUT2D eigenvalue weighted by molar-refractivity contribution is 1.35. The molecule has 0 atom stereocenters. The van der Waals surface area contributed by atoms with Gasteiger partial charge in [0.05, 0.1) is 5.69 Å². The number of hydrogen-bond donors (Lipinski definition) is 1. The van der Waals surface area contributed by atoms with Crippen molar-refractivity contribution in [2.24, 2.45) is 5.10 Å². The molecule has 18 heavy (non-hydrogen) atoms. The monoisotopic (exact) mass is 256 g/mol. The zero-order valence-electron chi connectivity index (χ0n) is 9.75. The van der Waals surface area contributed by atoms with Crippen LogP contribution in [0.2, 0.25) is 0 Å². The van der Waals surface area contributed by atoms with Crippen LogP contribution in [0.3, 0.4) is 0 Å². The van der Waals surface area contributed by atoms with Crippen LogP contribution in [-0.2, 0) is 0 Å². The van der Waals surface area contributed by atoms with Gasteiger partial charge in [0.1, 0.15) is 5.17 Å². The minimum Gasteiger partial charge on any atom is -0.277 e. The Kier molecular flexibility index (Phi) is 4.56. The molecule has 0 heterocycles. The van der Waals surface area contributed by atoms with Crippen LogP contribution in [0.25, 0.3) is 6.08 Å². The Bertz CT molecular complexity index is 533. The van der Waals surface area contributed by atoms with Crippen LogP contribution in [0.15, 0.2) is 71.8 Å². The zero-order valence-corrected chi connectivity index (χ0v) is 10.5. The number of nitrogens with zero attached hydrogens (tertiary/aromatic N) is 1. The Hall–Kier alpha value is -2.06. The molecule has 0 aliphatic rings. The molecule has 1 N–H and O–H groups in total. The first-order chi connectivity index (χ1) is 8.84. The predicted octanol–water partition coefficient (Wildman–Crippen LogP) is 4.36. The second-order valence-corrected chi connectivity index (χ2v) is 4.04. The number of rotatable bonds is 4. The van der Waals surface area contributed by atoms with E-state index in [1.807, 2.05) is 66.7 Å². The van der Waals surface area contributed by atoms with Crippen molar-refractivity contribution in [3.05, 3.63) is 72.3 Å². The highest BCUT2D eigenvalue weighted by atomic mass is 35.5. The Morgan fingerprint density at radius 1 is 0.944 bits per heavy atom. The Morgan fingerprint density at radius 2 is 1.56 bits per heavy atom. The molecule has 0 radical (unpaired) electrons. The molecule has 0 spiro atoms. The van der Waals surface area contributed by atoms with E-state index in [1.54, 1.807) is 6.08 Å². The molecule has 0 aliphatic heterocycles. The van der Waals surface area contributed by atoms with Crippen LogP contribution in [0.4, 0.5) is 5.69 Å². The number of nitrogens with one attached hydrogen (secondary N) is 1. The van der Waals surface area contributed by atoms with Gasteiger partial charge in [0.25, 0.3) is 0 Å². The molecule has 0 aliphatic carbocycles. The van der Waals surface area contributed by atoms with E-state index in [0.29, 0.717) is 5.17 Å². The standard InChI is InChI=1S/C15H13ClN2/c16-15(12-11-13-7-3-1-4-8-13)18-17-14-9-5-2-6-10-14/h1-12,17H/b12-11+,18-15-. The number of anilines is 1. The smallest absolute Gasteiger partial charge is 0.149 e. The lowest BCUT2D eigenvalue weighted by Gasteiger charge is -1.98. The van der Waals surface area contributed by atoms with Crippen molar-refractivity contribution in [3.8, 4) is 0 Å². The summed E-state index contributed by atoms with van der Waals surface area (Å²) in [6, 6.07) is 19.6. The highest BCUT2D eigenvalue weighted by Gasteiger charge is 1.89. The van der Waals surface area contributed by atoms with E-state index in [4.69, 9.17) is 11.6 Å². The molecular weight excluding hydrogens is 244 g/mol. The first-order valence-corrected chi connectivity index (χ1v) is 6.00. The van der Waals surface area contributed by atoms with Gasteiger partial charge in [-0.1, -0.05) is 66.2 Å². The van der Waals surface area contributed by atoms with Gasteiger partial charge in [0.2, 0.25) is 0 Å². The molecule has 2 nitrogen and oxygen atoms in total. The Balaban J connectivity index is 1.96. The highest BCUT2D eigenvalue weighted by molar-refractivity contribution is 6.68. The average Bonchev–Trinajstić information content (AvgIpc) is 2.45. The SMILES string of the molecule is ClC(/C=C/c1ccccc1)=N\Nc1ccccc1. The van der Waals surface area contributed by atoms with E-state index < -0.39 is 0 Å². The van der Waals surface area contributed by atoms with Crippen LogP contribution in [-0.4, -0.2) is 5.17 Å². The normalized spacial score (nSPS) is 11.7. The van der Waals surface area contributed by atoms with E-state index in [2.05, 4.69) is 10.5 Å². The van der Waals surface area contributed by atoms with Gasteiger partial charge < -0.3 is 0 Å². The molecule has 0 bridgehead atoms. The average molecular weight is 257 g/mol. The van der Waals surface area contributed by atoms with E-state index in [1.165, 1.54) is 0 Å². The second kappa shape index (κ2) is 6.62. The summed E-state index contributed by atoms with van der Waals surface area (Å²) in [6.45, 7) is 0. The van der Waals surface area contributed by atoms with Gasteiger partial charge >= 0.3 is 0 Å². The molecule has 0 unspecified atom stereocenters. The Morgan fingerprint density at radius 3 is 2.22 bits per heavy atom. The quantitative estimate of drug-likeness (QED) is 0.638. The first-order valence-electron chi connectivity index (χ1n) is 5.62. The topological polar surface area (TPSA) is 24.4 Å². The van der Waals surface area contributed by atoms with Crippen LogP contribution in [0.1, 0.15) is 5.56 Å². The molecule has 0 fully saturated rings. The van der Waals surface area contributed by atoms with Gasteiger partial charge in [0.15, 0.2) is 0 Å². The minimum absolute atomic E-state index is 0.405. The summed E-state index contributed by atoms with van der Waals surface area (Å²) in [6.07, 6.45) is 3.67. The molecule has 2 aromatic carbocycles. The molecule has 2 rings (SSSR count). The summed E-state index contributed by atoms with van der Waals surface area (Å²) in [4.78, 5) is 0. The predicted molar refractivity (Wildman–Crippen MR) is 78.8 cm³/mol. The fourth-order valence-corrected chi connectivity index (χ4v) is 1.50. The summed E-state index contributed by atoms with van der Waals surface area (Å²) in [5, 5.41) is 4.46. The van der Waals surface area contributed by atoms with Crippen molar-refractivity contribution < 1.29 is 0 Å². The molecule has 0 saturated carbocycles. The fourth-order valence-electron chi connectivity index (χ4n) is 1.40. The van der Waals surface area contributed by atoms with Crippen molar-refractivity contribution in [1.29, 1.82) is 0 Å². The molecule has 2 aromatic rings. The van der Waals surface area contributed by atoms with Crippen molar-refractivity contribution in [3.63, 3.8) is 0 Å². The maximum Gasteiger partial charge on any atom is 0.149 e. The maximum atomic E-state index is 5.98. The van der Waals surface area contributed by atoms with Gasteiger partial charge in [-0.2, -0.15) is 5.10 Å². The van der Waals surface area contributed by atoms with Crippen molar-refractivity contribution in [2.75, 3.05) is 5.43 Å². The van der Waals surface area contributed by atoms with E-state index in [-0.39, 0.29) is 0 Å². The first kappa shape index (κ1) is 12.4. The minimum atomic E-state index is 0.405. The van der Waals surface area contributed by atoms with Crippen LogP contribution < -0.4 is 5.43 Å². The summed E-state index contributed by atoms with van der Waals surface area (Å²) >= 11 is 5.98. The van der Waals surface area contributed by atoms with E-state index >= 15 is 0 Å². The van der Waals surface area contributed by atoms with Gasteiger partial charge in [-0.15, -0.1) is 0 Å². The molecule has 0 saturated heterocycles. The van der Waals surface area contributed by atoms with Gasteiger partial charge in [0, 0.05) is 0 Å². The van der Waals surface area contributed by atoms with E-state index in [9.17, 15) is 0 Å². The second-order valence-electron chi connectivity index (χ2n) is 3.66. The third kappa shape index (κ3) is 4.07. The highest BCUT2D eigenvalue weighted by Crippen LogP contribution is 2.06. The van der Waals surface area contributed by atoms with Gasteiger partial charge in [-0.3, -0.25) is 5.43 Å². The summed E-state index contributed by atoms with van der Waals surface area (Å²) in [7, 11) is 0. The summed E-state index contributed by atoms with van der Waals surface area (Å²) < 4.78 is 0. The largest absolute Gasteiger partial charge is 0.277 e. The molecule has 0 aromatic heterocycles. The number of benzene rings is 2. The van der Waals surface area contributed by atoms with Crippen molar-refractivity contribution >= 4 is 28.5 Å². The lowest BCUT2D eigenvalue weighted by Crippen LogP contribution is -1.91. The third-order valence-electron chi connectivity index (χ3n) is 2.28. The maximum absolute atomic E-state index is 5.98. The molecular formula is C15H13ClN2. The number of allylic oxidation sites excluding steroid dienone is 1. The van der Waals surface area contributed by atoms with Crippen LogP contribution in [0.5, 0.6) is 0 Å². The molecule has 90 valence electrons. The number of hydrogen-bond acceptors (Lipinski definition) is 2. The third-order valence-corrected chi connectivity index (χ3v) is 2.49. The van der Waals surface area contributed by atoms with E-state index in [0.717, 1.165) is 11.3 Å². The molecule has 0 amide bonds. The number of halogens is 1. The fraction of sp³-hybridized carbons (Fsp3) is 0. The van der Waals surface area contributed by atoms with Crippen molar-refractivity contribution in [1.82, 2.24) is 0 Å². The summed E-state index contributed by atoms with van der Waals surface area (Å²) in [5.74, 6) is 0. The Labute approximate surface area is 112 Å². The zero-order chi connectivity index (χ0) is 12.6. The number of hydrazone groups is 1. The van der Waals surface area contributed by atoms with Gasteiger partial charge in [-0.05, 0) is 23.8 Å². The lowest BCUT2D eigenvalue weighted by atomic mass is 10.2.